The number of hydrogen-bond acceptors (Lipinski definition) is 12. The summed E-state index contributed by atoms with van der Waals surface area (Å²) in [6, 6.07) is 55.7. The Morgan fingerprint density at radius 3 is 1.63 bits per heavy atom. The predicted octanol–water partition coefficient (Wildman–Crippen LogP) is 11.8. The van der Waals surface area contributed by atoms with Crippen LogP contribution >= 0.6 is 0 Å². The van der Waals surface area contributed by atoms with Crippen LogP contribution in [0.15, 0.2) is 192 Å². The normalized spacial score (nSPS) is 18.0. The summed E-state index contributed by atoms with van der Waals surface area (Å²) in [6.07, 6.45) is -1.18. The molecule has 5 atom stereocenters. The van der Waals surface area contributed by atoms with Crippen molar-refractivity contribution in [1.82, 2.24) is 9.55 Å². The number of carbonyl (C=O) groups excluding carboxylic acids is 2. The molecule has 0 bridgehead atoms. The summed E-state index contributed by atoms with van der Waals surface area (Å²) in [6.45, 7) is 10.0. The summed E-state index contributed by atoms with van der Waals surface area (Å²) in [5.41, 5.74) is 9.11. The first-order valence-electron chi connectivity index (χ1n) is 25.3. The summed E-state index contributed by atoms with van der Waals surface area (Å²) in [5, 5.41) is 8.01. The molecule has 76 heavy (non-hydrogen) atoms. The van der Waals surface area contributed by atoms with Crippen LogP contribution in [0.4, 0.5) is 5.82 Å². The Kier molecular flexibility index (Phi) is 16.4. The number of hydrogen-bond donors (Lipinski definition) is 1. The Hall–Kier alpha value is -8.23. The van der Waals surface area contributed by atoms with E-state index in [1.54, 1.807) is 61.1 Å². The van der Waals surface area contributed by atoms with Crippen molar-refractivity contribution >= 4 is 17.8 Å². The van der Waals surface area contributed by atoms with Gasteiger partial charge in [0.05, 0.1) is 26.6 Å². The molecule has 15 nitrogen and oxygen atoms in total. The Labute approximate surface area is 443 Å². The molecule has 0 radical (unpaired) electrons. The van der Waals surface area contributed by atoms with Crippen LogP contribution in [0.5, 0.6) is 11.5 Å². The van der Waals surface area contributed by atoms with Crippen molar-refractivity contribution in [3.63, 3.8) is 0 Å². The fourth-order valence-electron chi connectivity index (χ4n) is 10.1. The van der Waals surface area contributed by atoms with Crippen LogP contribution in [-0.2, 0) is 39.7 Å². The van der Waals surface area contributed by atoms with Gasteiger partial charge < -0.3 is 33.7 Å². The first-order chi connectivity index (χ1) is 36.6. The highest BCUT2D eigenvalue weighted by Crippen LogP contribution is 2.51. The van der Waals surface area contributed by atoms with Gasteiger partial charge in [0.25, 0.3) is 0 Å². The second kappa shape index (κ2) is 23.1. The van der Waals surface area contributed by atoms with E-state index in [0.29, 0.717) is 28.2 Å². The molecule has 1 aliphatic rings. The largest absolute Gasteiger partial charge is 0.497 e. The van der Waals surface area contributed by atoms with Crippen LogP contribution in [0.2, 0.25) is 0 Å². The van der Waals surface area contributed by atoms with Crippen LogP contribution in [0.3, 0.4) is 0 Å². The molecule has 8 rings (SSSR count). The van der Waals surface area contributed by atoms with Crippen molar-refractivity contribution in [2.45, 2.75) is 82.8 Å². The first-order valence-corrected chi connectivity index (χ1v) is 25.3. The molecule has 1 N–H and O–H groups in total. The van der Waals surface area contributed by atoms with Crippen molar-refractivity contribution in [2.75, 3.05) is 26.1 Å². The zero-order chi connectivity index (χ0) is 54.1. The van der Waals surface area contributed by atoms with Crippen molar-refractivity contribution in [3.8, 4) is 11.5 Å². The van der Waals surface area contributed by atoms with Crippen LogP contribution in [0.1, 0.15) is 87.6 Å². The van der Waals surface area contributed by atoms with Crippen LogP contribution in [-0.4, -0.2) is 59.7 Å². The van der Waals surface area contributed by atoms with Gasteiger partial charge in [0.2, 0.25) is 5.72 Å². The molecule has 15 heteroatoms. The highest BCUT2D eigenvalue weighted by atomic mass is 16.6. The summed E-state index contributed by atoms with van der Waals surface area (Å²) in [5.74, 6) is -1.93. The summed E-state index contributed by atoms with van der Waals surface area (Å²) >= 11 is 0. The van der Waals surface area contributed by atoms with E-state index in [9.17, 15) is 19.9 Å². The number of nitrogens with zero attached hydrogens (tertiary/aromatic N) is 5. The topological polar surface area (TPSA) is 185 Å². The molecule has 0 aliphatic carbocycles. The van der Waals surface area contributed by atoms with Crippen LogP contribution in [0.25, 0.3) is 10.4 Å². The first kappa shape index (κ1) is 54.0. The number of ether oxygens (including phenoxy) is 6. The van der Waals surface area contributed by atoms with Gasteiger partial charge in [-0.25, -0.2) is 4.79 Å². The smallest absolute Gasteiger partial charge is 0.351 e. The van der Waals surface area contributed by atoms with E-state index in [4.69, 9.17) is 28.4 Å². The zero-order valence-corrected chi connectivity index (χ0v) is 44.0. The third-order valence-corrected chi connectivity index (χ3v) is 13.8. The molecule has 7 aromatic rings. The van der Waals surface area contributed by atoms with Gasteiger partial charge >= 0.3 is 17.6 Å². The molecule has 0 amide bonds. The number of aromatic nitrogens is 2. The summed E-state index contributed by atoms with van der Waals surface area (Å²) < 4.78 is 38.8. The minimum Gasteiger partial charge on any atom is -0.497 e. The van der Waals surface area contributed by atoms with Gasteiger partial charge in [0.1, 0.15) is 53.0 Å². The molecule has 1 aromatic heterocycles. The monoisotopic (exact) mass is 1020 g/mol. The quantitative estimate of drug-likeness (QED) is 0.0252. The van der Waals surface area contributed by atoms with E-state index in [0.717, 1.165) is 16.7 Å². The second-order valence-electron chi connectivity index (χ2n) is 20.2. The van der Waals surface area contributed by atoms with Gasteiger partial charge in [0.15, 0.2) is 0 Å². The van der Waals surface area contributed by atoms with Crippen LogP contribution < -0.4 is 20.5 Å². The van der Waals surface area contributed by atoms with Crippen molar-refractivity contribution < 1.29 is 38.0 Å². The van der Waals surface area contributed by atoms with Gasteiger partial charge in [-0.1, -0.05) is 171 Å². The Morgan fingerprint density at radius 2 is 1.18 bits per heavy atom. The van der Waals surface area contributed by atoms with Crippen molar-refractivity contribution in [2.24, 2.45) is 22.9 Å². The molecule has 1 aliphatic heterocycles. The molecule has 392 valence electrons. The van der Waals surface area contributed by atoms with E-state index in [2.05, 4.69) is 20.3 Å². The van der Waals surface area contributed by atoms with E-state index in [-0.39, 0.29) is 18.2 Å². The maximum atomic E-state index is 14.9. The average molecular weight is 1030 g/mol. The second-order valence-corrected chi connectivity index (χ2v) is 20.2. The Balaban J connectivity index is 1.26. The minimum absolute atomic E-state index is 0.245. The maximum Gasteiger partial charge on any atom is 0.351 e. The third-order valence-electron chi connectivity index (χ3n) is 13.8. The van der Waals surface area contributed by atoms with E-state index in [1.807, 2.05) is 177 Å². The minimum atomic E-state index is -2.14. The lowest BCUT2D eigenvalue weighted by Gasteiger charge is -2.42. The highest BCUT2D eigenvalue weighted by molar-refractivity contribution is 5.80. The number of nitrogens with one attached hydrogen (secondary N) is 1. The molecule has 0 saturated carbocycles. The number of rotatable bonds is 20. The number of carbonyl (C=O) groups is 2. The van der Waals surface area contributed by atoms with Gasteiger partial charge in [-0.15, -0.1) is 0 Å². The Morgan fingerprint density at radius 1 is 0.724 bits per heavy atom. The molecule has 0 unspecified atom stereocenters. The lowest BCUT2D eigenvalue weighted by molar-refractivity contribution is -0.185. The molecule has 1 saturated heterocycles. The molecular weight excluding hydrogens is 961 g/mol. The highest BCUT2D eigenvalue weighted by Gasteiger charge is 2.59. The molecule has 0 spiro atoms. The average Bonchev–Trinajstić information content (AvgIpc) is 3.74. The third kappa shape index (κ3) is 11.2. The maximum absolute atomic E-state index is 14.9. The summed E-state index contributed by atoms with van der Waals surface area (Å²) in [4.78, 5) is 50.4. The molecule has 1 fully saturated rings. The van der Waals surface area contributed by atoms with Crippen molar-refractivity contribution in [1.29, 1.82) is 0 Å². The van der Waals surface area contributed by atoms with E-state index in [1.165, 1.54) is 4.57 Å². The standard InChI is InChI=1S/C61H64N6O9/c1-41(2)51(39-53(68)74-58(4,5)6)56(69)73-40-59(65-66-62)54(75-61(46-25-17-11-18-26-46,47-27-19-12-20-28-47)48-31-35-50(72-8)36-32-48)42(3)55(76-59)67-38-37-52(63-57(67)70)64-60(43-21-13-9-14-22-43,44-23-15-10-16-24-44)45-29-33-49(71-7)34-30-45/h9-38,41-42,51,54-55H,39-40H2,1-8H3,(H,63,64,70)/t42-,51-,54-,55+,59+/m0/s1. The van der Waals surface area contributed by atoms with E-state index >= 15 is 0 Å². The zero-order valence-electron chi connectivity index (χ0n) is 44.0. The van der Waals surface area contributed by atoms with Gasteiger partial charge in [-0.3, -0.25) is 14.2 Å². The number of methoxy groups -OCH3 is 2. The van der Waals surface area contributed by atoms with Gasteiger partial charge in [0, 0.05) is 17.0 Å². The SMILES string of the molecule is COc1ccc(C(Nc2ccn([C@@H]3O[C@@](COC(=O)[C@@H](CC(=O)OC(C)(C)C)C(C)C)(N=[N+]=[N-])[C@@H](OC(c4ccccc4)(c4ccccc4)c4ccc(OC)cc4)[C@@H]3C)c(=O)n2)(c2ccccc2)c2ccccc2)cc1. The molecular formula is C61H64N6O9. The number of esters is 2. The number of anilines is 1. The molecule has 2 heterocycles. The fourth-order valence-corrected chi connectivity index (χ4v) is 10.1. The molecule has 6 aromatic carbocycles. The fraction of sp³-hybridized carbons (Fsp3) is 0.311. The summed E-state index contributed by atoms with van der Waals surface area (Å²) in [7, 11) is 3.20. The van der Waals surface area contributed by atoms with Crippen LogP contribution in [0, 0.1) is 17.8 Å². The lowest BCUT2D eigenvalue weighted by Crippen LogP contribution is -2.50. The van der Waals surface area contributed by atoms with Gasteiger partial charge in [-0.05, 0) is 95.9 Å². The number of benzene rings is 6. The van der Waals surface area contributed by atoms with E-state index < -0.39 is 70.9 Å². The van der Waals surface area contributed by atoms with Gasteiger partial charge in [-0.2, -0.15) is 4.98 Å². The predicted molar refractivity (Wildman–Crippen MR) is 289 cm³/mol. The Bertz CT molecular complexity index is 3090. The number of azide groups is 1. The lowest BCUT2D eigenvalue weighted by atomic mass is 9.77. The van der Waals surface area contributed by atoms with Crippen molar-refractivity contribution in [3.05, 3.63) is 236 Å².